The van der Waals surface area contributed by atoms with Crippen molar-refractivity contribution in [1.82, 2.24) is 21.1 Å². The van der Waals surface area contributed by atoms with Gasteiger partial charge in [0, 0.05) is 0 Å². The van der Waals surface area contributed by atoms with Gasteiger partial charge in [-0.2, -0.15) is 13.2 Å². The summed E-state index contributed by atoms with van der Waals surface area (Å²) in [5, 5.41) is 1.49. The molecular formula is C15H15F3N4O4. The number of fused-ring (bicyclic) bond motifs is 1. The van der Waals surface area contributed by atoms with E-state index in [9.17, 15) is 32.3 Å². The van der Waals surface area contributed by atoms with Gasteiger partial charge in [0.15, 0.2) is 0 Å². The van der Waals surface area contributed by atoms with E-state index in [1.54, 1.807) is 18.4 Å². The molecule has 0 saturated carbocycles. The van der Waals surface area contributed by atoms with Gasteiger partial charge >= 0.3 is 12.2 Å². The van der Waals surface area contributed by atoms with E-state index in [0.717, 1.165) is 10.5 Å². The molecule has 0 saturated heterocycles. The summed E-state index contributed by atoms with van der Waals surface area (Å²) in [4.78, 5) is 48.6. The van der Waals surface area contributed by atoms with Gasteiger partial charge in [0.2, 0.25) is 0 Å². The number of urea groups is 1. The highest BCUT2D eigenvalue weighted by Gasteiger charge is 2.41. The molecule has 11 heteroatoms. The Balaban J connectivity index is 1.98. The van der Waals surface area contributed by atoms with E-state index in [0.29, 0.717) is 0 Å². The number of rotatable bonds is 3. The molecule has 2 rings (SSSR count). The maximum absolute atomic E-state index is 12.4. The summed E-state index contributed by atoms with van der Waals surface area (Å²) in [5.41, 5.74) is 4.64. The number of amides is 5. The Kier molecular flexibility index (Phi) is 5.19. The maximum atomic E-state index is 12.4. The molecule has 0 aliphatic carbocycles. The second-order valence-electron chi connectivity index (χ2n) is 5.62. The van der Waals surface area contributed by atoms with E-state index in [4.69, 9.17) is 0 Å². The number of hydrogen-bond acceptors (Lipinski definition) is 4. The minimum absolute atomic E-state index is 0.149. The molecule has 26 heavy (non-hydrogen) atoms. The van der Waals surface area contributed by atoms with Crippen molar-refractivity contribution in [1.29, 1.82) is 0 Å². The van der Waals surface area contributed by atoms with E-state index in [1.165, 1.54) is 24.4 Å². The summed E-state index contributed by atoms with van der Waals surface area (Å²) in [7, 11) is 0. The molecule has 1 aliphatic rings. The molecule has 0 radical (unpaired) electrons. The number of hydrazine groups is 1. The number of aryl methyl sites for hydroxylation is 1. The number of imide groups is 1. The normalized spacial score (nSPS) is 14.7. The van der Waals surface area contributed by atoms with Crippen LogP contribution in [-0.2, 0) is 4.79 Å². The SMILES string of the molecule is Cc1ccc2c(c1)C(=O)N(C(C)C(=O)NNC(=O)NCC(F)(F)F)C2=O. The number of halogens is 3. The molecule has 1 aromatic carbocycles. The maximum Gasteiger partial charge on any atom is 0.405 e. The fourth-order valence-electron chi connectivity index (χ4n) is 2.29. The average Bonchev–Trinajstić information content (AvgIpc) is 2.80. The number of carbonyl (C=O) groups is 4. The van der Waals surface area contributed by atoms with Crippen LogP contribution < -0.4 is 16.2 Å². The Hall–Kier alpha value is -3.11. The zero-order valence-corrected chi connectivity index (χ0v) is 13.7. The topological polar surface area (TPSA) is 108 Å². The van der Waals surface area contributed by atoms with Gasteiger partial charge in [0.05, 0.1) is 11.1 Å². The van der Waals surface area contributed by atoms with Crippen LogP contribution in [0.1, 0.15) is 33.2 Å². The van der Waals surface area contributed by atoms with Gasteiger partial charge in [-0.05, 0) is 26.0 Å². The predicted octanol–water partition coefficient (Wildman–Crippen LogP) is 0.872. The monoisotopic (exact) mass is 372 g/mol. The molecular weight excluding hydrogens is 357 g/mol. The number of nitrogens with one attached hydrogen (secondary N) is 3. The number of carbonyl (C=O) groups excluding carboxylic acids is 4. The summed E-state index contributed by atoms with van der Waals surface area (Å²) in [6.45, 7) is 1.40. The summed E-state index contributed by atoms with van der Waals surface area (Å²) in [5.74, 6) is -2.29. The molecule has 1 aromatic rings. The van der Waals surface area contributed by atoms with Gasteiger partial charge in [-0.15, -0.1) is 0 Å². The van der Waals surface area contributed by atoms with Gasteiger partial charge in [-0.25, -0.2) is 10.2 Å². The summed E-state index contributed by atoms with van der Waals surface area (Å²) >= 11 is 0. The fourth-order valence-corrected chi connectivity index (χ4v) is 2.29. The molecule has 1 heterocycles. The van der Waals surface area contributed by atoms with E-state index in [1.807, 2.05) is 5.43 Å². The standard InChI is InChI=1S/C15H15F3N4O4/c1-7-3-4-9-10(5-7)13(25)22(12(9)24)8(2)11(23)20-21-14(26)19-6-15(16,17)18/h3-5,8H,6H2,1-2H3,(H,20,23)(H2,19,21,26). The van der Waals surface area contributed by atoms with E-state index >= 15 is 0 Å². The zero-order chi connectivity index (χ0) is 19.6. The summed E-state index contributed by atoms with van der Waals surface area (Å²) < 4.78 is 35.9. The highest BCUT2D eigenvalue weighted by molar-refractivity contribution is 6.22. The van der Waals surface area contributed by atoms with E-state index in [2.05, 4.69) is 0 Å². The largest absolute Gasteiger partial charge is 0.405 e. The molecule has 0 bridgehead atoms. The summed E-state index contributed by atoms with van der Waals surface area (Å²) in [6, 6.07) is 2.05. The van der Waals surface area contributed by atoms with E-state index < -0.39 is 42.5 Å². The van der Waals surface area contributed by atoms with Crippen LogP contribution in [0.3, 0.4) is 0 Å². The van der Waals surface area contributed by atoms with Crippen LogP contribution in [0.2, 0.25) is 0 Å². The van der Waals surface area contributed by atoms with Crippen molar-refractivity contribution in [3.8, 4) is 0 Å². The zero-order valence-electron chi connectivity index (χ0n) is 13.7. The quantitative estimate of drug-likeness (QED) is 0.541. The van der Waals surface area contributed by atoms with Crippen molar-refractivity contribution in [3.63, 3.8) is 0 Å². The minimum Gasteiger partial charge on any atom is -0.328 e. The van der Waals surface area contributed by atoms with Crippen molar-refractivity contribution in [2.45, 2.75) is 26.1 Å². The van der Waals surface area contributed by atoms with Crippen molar-refractivity contribution in [3.05, 3.63) is 34.9 Å². The highest BCUT2D eigenvalue weighted by Crippen LogP contribution is 2.25. The number of benzene rings is 1. The first-order valence-corrected chi connectivity index (χ1v) is 7.40. The lowest BCUT2D eigenvalue weighted by molar-refractivity contribution is -0.125. The third-order valence-electron chi connectivity index (χ3n) is 3.59. The Bertz CT molecular complexity index is 779. The second-order valence-corrected chi connectivity index (χ2v) is 5.62. The van der Waals surface area contributed by atoms with Gasteiger partial charge < -0.3 is 5.32 Å². The third-order valence-corrected chi connectivity index (χ3v) is 3.59. The molecule has 3 N–H and O–H groups in total. The molecule has 8 nitrogen and oxygen atoms in total. The molecule has 0 fully saturated rings. The van der Waals surface area contributed by atoms with Crippen LogP contribution in [0.25, 0.3) is 0 Å². The number of hydrogen-bond donors (Lipinski definition) is 3. The van der Waals surface area contributed by atoms with Crippen LogP contribution in [0.15, 0.2) is 18.2 Å². The smallest absolute Gasteiger partial charge is 0.328 e. The number of alkyl halides is 3. The van der Waals surface area contributed by atoms with Gasteiger partial charge in [-0.1, -0.05) is 11.6 Å². The fraction of sp³-hybridized carbons (Fsp3) is 0.333. The molecule has 1 unspecified atom stereocenters. The highest BCUT2D eigenvalue weighted by atomic mass is 19.4. The predicted molar refractivity (Wildman–Crippen MR) is 81.9 cm³/mol. The first-order chi connectivity index (χ1) is 12.0. The van der Waals surface area contributed by atoms with Crippen molar-refractivity contribution >= 4 is 23.8 Å². The molecule has 5 amide bonds. The molecule has 1 atom stereocenters. The second kappa shape index (κ2) is 7.02. The molecule has 0 spiro atoms. The van der Waals surface area contributed by atoms with Crippen LogP contribution in [-0.4, -0.2) is 47.4 Å². The van der Waals surface area contributed by atoms with Gasteiger partial charge in [-0.3, -0.25) is 24.7 Å². The summed E-state index contributed by atoms with van der Waals surface area (Å²) in [6.07, 6.45) is -4.60. The van der Waals surface area contributed by atoms with Crippen molar-refractivity contribution in [2.75, 3.05) is 6.54 Å². The lowest BCUT2D eigenvalue weighted by Crippen LogP contribution is -2.55. The van der Waals surface area contributed by atoms with Crippen molar-refractivity contribution in [2.24, 2.45) is 0 Å². The van der Waals surface area contributed by atoms with Gasteiger partial charge in [0.1, 0.15) is 12.6 Å². The third kappa shape index (κ3) is 4.10. The molecule has 1 aliphatic heterocycles. The van der Waals surface area contributed by atoms with Crippen molar-refractivity contribution < 1.29 is 32.3 Å². The molecule has 0 aromatic heterocycles. The number of nitrogens with zero attached hydrogens (tertiary/aromatic N) is 1. The lowest BCUT2D eigenvalue weighted by atomic mass is 10.1. The first-order valence-electron chi connectivity index (χ1n) is 7.40. The average molecular weight is 372 g/mol. The van der Waals surface area contributed by atoms with E-state index in [-0.39, 0.29) is 11.1 Å². The minimum atomic E-state index is -4.60. The Morgan fingerprint density at radius 1 is 1.12 bits per heavy atom. The Morgan fingerprint density at radius 2 is 1.73 bits per heavy atom. The van der Waals surface area contributed by atoms with Crippen LogP contribution in [0.5, 0.6) is 0 Å². The van der Waals surface area contributed by atoms with Crippen LogP contribution in [0.4, 0.5) is 18.0 Å². The van der Waals surface area contributed by atoms with Crippen LogP contribution in [0, 0.1) is 6.92 Å². The van der Waals surface area contributed by atoms with Crippen LogP contribution >= 0.6 is 0 Å². The van der Waals surface area contributed by atoms with Gasteiger partial charge in [0.25, 0.3) is 17.7 Å². The Morgan fingerprint density at radius 3 is 2.35 bits per heavy atom. The Labute approximate surface area is 145 Å². The lowest BCUT2D eigenvalue weighted by Gasteiger charge is -2.21. The molecule has 140 valence electrons. The first kappa shape index (κ1) is 19.2.